The lowest BCUT2D eigenvalue weighted by molar-refractivity contribution is -0.128. The van der Waals surface area contributed by atoms with Crippen molar-refractivity contribution in [1.29, 1.82) is 0 Å². The maximum Gasteiger partial charge on any atom is 0.233 e. The highest BCUT2D eigenvalue weighted by Crippen LogP contribution is 2.23. The number of hydrogen-bond donors (Lipinski definition) is 0. The van der Waals surface area contributed by atoms with Gasteiger partial charge in [-0.2, -0.15) is 0 Å². The monoisotopic (exact) mass is 235 g/mol. The van der Waals surface area contributed by atoms with E-state index in [0.717, 1.165) is 13.0 Å². The number of carbonyl (C=O) groups excluding carboxylic acids is 1. The molecule has 1 heterocycles. The molecule has 1 aliphatic rings. The summed E-state index contributed by atoms with van der Waals surface area (Å²) in [5.74, 6) is 0.149. The van der Waals surface area contributed by atoms with E-state index >= 15 is 0 Å². The summed E-state index contributed by atoms with van der Waals surface area (Å²) < 4.78 is 5.31. The Bertz CT molecular complexity index is 186. The quantitative estimate of drug-likeness (QED) is 0.670. The van der Waals surface area contributed by atoms with Crippen molar-refractivity contribution in [1.82, 2.24) is 4.90 Å². The molecule has 1 saturated heterocycles. The predicted octanol–water partition coefficient (Wildman–Crippen LogP) is 1.02. The Balaban J connectivity index is 2.50. The molecule has 0 aliphatic carbocycles. The molecule has 4 heteroatoms. The smallest absolute Gasteiger partial charge is 0.233 e. The third kappa shape index (κ3) is 1.98. The first-order valence-electron chi connectivity index (χ1n) is 4.00. The van der Waals surface area contributed by atoms with Crippen molar-refractivity contribution in [2.75, 3.05) is 25.5 Å². The van der Waals surface area contributed by atoms with Gasteiger partial charge >= 0.3 is 0 Å². The largest absolute Gasteiger partial charge is 0.377 e. The highest BCUT2D eigenvalue weighted by atomic mass is 79.9. The van der Waals surface area contributed by atoms with Crippen LogP contribution in [0.5, 0.6) is 0 Å². The van der Waals surface area contributed by atoms with E-state index in [1.165, 1.54) is 0 Å². The molecule has 12 heavy (non-hydrogen) atoms. The lowest BCUT2D eigenvalue weighted by Crippen LogP contribution is -2.35. The molecule has 1 fully saturated rings. The first-order chi connectivity index (χ1) is 5.61. The molecule has 3 nitrogen and oxygen atoms in total. The molecule has 0 radical (unpaired) electrons. The zero-order valence-electron chi connectivity index (χ0n) is 7.47. The summed E-state index contributed by atoms with van der Waals surface area (Å²) >= 11 is 3.15. The van der Waals surface area contributed by atoms with E-state index in [1.54, 1.807) is 7.11 Å². The highest BCUT2D eigenvalue weighted by Gasteiger charge is 2.35. The molecule has 1 unspecified atom stereocenters. The van der Waals surface area contributed by atoms with Gasteiger partial charge in [0, 0.05) is 20.2 Å². The molecule has 0 N–H and O–H groups in total. The highest BCUT2D eigenvalue weighted by molar-refractivity contribution is 9.09. The van der Waals surface area contributed by atoms with Gasteiger partial charge in [0.05, 0.1) is 10.9 Å². The van der Waals surface area contributed by atoms with Crippen LogP contribution in [0.4, 0.5) is 0 Å². The van der Waals surface area contributed by atoms with E-state index in [2.05, 4.69) is 15.9 Å². The molecular weight excluding hydrogens is 222 g/mol. The Kier molecular flexibility index (Phi) is 3.12. The second-order valence-corrected chi connectivity index (χ2v) is 3.91. The Morgan fingerprint density at radius 3 is 2.83 bits per heavy atom. The zero-order chi connectivity index (χ0) is 9.19. The van der Waals surface area contributed by atoms with Crippen molar-refractivity contribution < 1.29 is 9.53 Å². The average Bonchev–Trinajstić information content (AvgIpc) is 2.48. The summed E-state index contributed by atoms with van der Waals surface area (Å²) in [4.78, 5) is 13.1. The molecule has 0 spiro atoms. The minimum atomic E-state index is -0.127. The van der Waals surface area contributed by atoms with Gasteiger partial charge < -0.3 is 9.64 Å². The fourth-order valence-electron chi connectivity index (χ4n) is 1.40. The first kappa shape index (κ1) is 9.99. The molecular formula is C8H14BrNO2. The molecule has 1 atom stereocenters. The number of carbonyl (C=O) groups is 1. The van der Waals surface area contributed by atoms with Gasteiger partial charge in [0.1, 0.15) is 0 Å². The fraction of sp³-hybridized carbons (Fsp3) is 0.875. The van der Waals surface area contributed by atoms with Crippen molar-refractivity contribution in [3.8, 4) is 0 Å². The molecule has 0 aromatic heterocycles. The Morgan fingerprint density at radius 1 is 1.75 bits per heavy atom. The Labute approximate surface area is 81.2 Å². The van der Waals surface area contributed by atoms with Crippen molar-refractivity contribution in [3.63, 3.8) is 0 Å². The second-order valence-electron chi connectivity index (χ2n) is 3.35. The van der Waals surface area contributed by atoms with E-state index in [4.69, 9.17) is 4.74 Å². The molecule has 1 aliphatic heterocycles. The van der Waals surface area contributed by atoms with Gasteiger partial charge in [0.15, 0.2) is 0 Å². The third-order valence-electron chi connectivity index (χ3n) is 2.40. The Morgan fingerprint density at radius 2 is 2.42 bits per heavy atom. The number of halogens is 1. The summed E-state index contributed by atoms with van der Waals surface area (Å²) in [6, 6.07) is 0. The normalized spacial score (nSPS) is 29.4. The number of rotatable bonds is 2. The summed E-state index contributed by atoms with van der Waals surface area (Å²) in [5, 5.41) is 0.410. The van der Waals surface area contributed by atoms with Crippen LogP contribution in [-0.2, 0) is 9.53 Å². The van der Waals surface area contributed by atoms with Crippen LogP contribution in [0, 0.1) is 0 Å². The number of methoxy groups -OCH3 is 1. The van der Waals surface area contributed by atoms with Gasteiger partial charge in [0.25, 0.3) is 0 Å². The van der Waals surface area contributed by atoms with Crippen LogP contribution in [0.1, 0.15) is 13.3 Å². The number of alkyl halides is 1. The molecule has 70 valence electrons. The number of likely N-dealkylation sites (tertiary alicyclic amines) is 1. The summed E-state index contributed by atoms with van der Waals surface area (Å²) in [6.07, 6.45) is 0.933. The molecule has 0 saturated carbocycles. The van der Waals surface area contributed by atoms with Crippen molar-refractivity contribution in [2.45, 2.75) is 18.9 Å². The van der Waals surface area contributed by atoms with Gasteiger partial charge in [-0.3, -0.25) is 4.79 Å². The van der Waals surface area contributed by atoms with E-state index in [9.17, 15) is 4.79 Å². The average molecular weight is 236 g/mol. The lowest BCUT2D eigenvalue weighted by Gasteiger charge is -2.22. The van der Waals surface area contributed by atoms with Crippen LogP contribution in [-0.4, -0.2) is 41.9 Å². The second kappa shape index (κ2) is 3.75. The van der Waals surface area contributed by atoms with Gasteiger partial charge in [-0.05, 0) is 13.3 Å². The van der Waals surface area contributed by atoms with Crippen molar-refractivity contribution >= 4 is 21.8 Å². The molecule has 0 aromatic carbocycles. The summed E-state index contributed by atoms with van der Waals surface area (Å²) in [5.41, 5.74) is -0.127. The minimum absolute atomic E-state index is 0.127. The zero-order valence-corrected chi connectivity index (χ0v) is 9.06. The summed E-state index contributed by atoms with van der Waals surface area (Å²) in [7, 11) is 1.70. The van der Waals surface area contributed by atoms with Gasteiger partial charge in [0.2, 0.25) is 5.91 Å². The van der Waals surface area contributed by atoms with Crippen LogP contribution in [0.3, 0.4) is 0 Å². The molecule has 1 rings (SSSR count). The maximum atomic E-state index is 11.2. The minimum Gasteiger partial charge on any atom is -0.377 e. The van der Waals surface area contributed by atoms with E-state index in [1.807, 2.05) is 11.8 Å². The van der Waals surface area contributed by atoms with Gasteiger partial charge in [-0.25, -0.2) is 0 Å². The van der Waals surface area contributed by atoms with Crippen LogP contribution in [0.15, 0.2) is 0 Å². The van der Waals surface area contributed by atoms with E-state index in [-0.39, 0.29) is 11.5 Å². The lowest BCUT2D eigenvalue weighted by atomic mass is 10.1. The Hall–Kier alpha value is -0.0900. The van der Waals surface area contributed by atoms with E-state index < -0.39 is 0 Å². The van der Waals surface area contributed by atoms with Crippen molar-refractivity contribution in [3.05, 3.63) is 0 Å². The van der Waals surface area contributed by atoms with Gasteiger partial charge in [-0.15, -0.1) is 0 Å². The van der Waals surface area contributed by atoms with Gasteiger partial charge in [-0.1, -0.05) is 15.9 Å². The predicted molar refractivity (Wildman–Crippen MR) is 50.4 cm³/mol. The molecule has 0 aromatic rings. The summed E-state index contributed by atoms with van der Waals surface area (Å²) in [6.45, 7) is 3.57. The van der Waals surface area contributed by atoms with Crippen LogP contribution in [0.25, 0.3) is 0 Å². The topological polar surface area (TPSA) is 29.5 Å². The number of amides is 1. The van der Waals surface area contributed by atoms with Crippen LogP contribution < -0.4 is 0 Å². The maximum absolute atomic E-state index is 11.2. The fourth-order valence-corrected chi connectivity index (χ4v) is 1.75. The van der Waals surface area contributed by atoms with Crippen LogP contribution >= 0.6 is 15.9 Å². The van der Waals surface area contributed by atoms with Crippen LogP contribution in [0.2, 0.25) is 0 Å². The molecule has 0 bridgehead atoms. The number of ether oxygens (including phenoxy) is 1. The van der Waals surface area contributed by atoms with E-state index in [0.29, 0.717) is 11.9 Å². The third-order valence-corrected chi connectivity index (χ3v) is 2.88. The SMILES string of the molecule is COC1(C)CCN(C(=O)CBr)C1. The number of hydrogen-bond acceptors (Lipinski definition) is 2. The number of nitrogens with zero attached hydrogens (tertiary/aromatic N) is 1. The standard InChI is InChI=1S/C8H14BrNO2/c1-8(12-2)3-4-10(6-8)7(11)5-9/h3-6H2,1-2H3. The van der Waals surface area contributed by atoms with Crippen molar-refractivity contribution in [2.24, 2.45) is 0 Å². The first-order valence-corrected chi connectivity index (χ1v) is 5.12. The molecule has 1 amide bonds.